The second-order valence-corrected chi connectivity index (χ2v) is 2.79. The maximum Gasteiger partial charge on any atom is 0.340 e. The van der Waals surface area contributed by atoms with E-state index in [4.69, 9.17) is 10.5 Å². The van der Waals surface area contributed by atoms with Gasteiger partial charge in [0.1, 0.15) is 0 Å². The van der Waals surface area contributed by atoms with Crippen molar-refractivity contribution in [2.75, 3.05) is 19.5 Å². The molecule has 0 saturated heterocycles. The van der Waals surface area contributed by atoms with Crippen LogP contribution in [0.2, 0.25) is 0 Å². The highest BCUT2D eigenvalue weighted by Crippen LogP contribution is 2.24. The monoisotopic (exact) mass is 213 g/mol. The van der Waals surface area contributed by atoms with Crippen LogP contribution in [0.25, 0.3) is 0 Å². The fraction of sp³-hybridized carbons (Fsp3) is 0.300. The van der Waals surface area contributed by atoms with Crippen molar-refractivity contribution >= 4 is 11.7 Å². The zero-order valence-corrected chi connectivity index (χ0v) is 8.54. The predicted octanol–water partition coefficient (Wildman–Crippen LogP) is 1.59. The van der Waals surface area contributed by atoms with E-state index in [-0.39, 0.29) is 17.0 Å². The van der Waals surface area contributed by atoms with E-state index in [2.05, 4.69) is 4.74 Å². The Labute approximate surface area is 86.8 Å². The fourth-order valence-corrected chi connectivity index (χ4v) is 1.12. The summed E-state index contributed by atoms with van der Waals surface area (Å²) in [5.41, 5.74) is 5.60. The van der Waals surface area contributed by atoms with Crippen LogP contribution in [-0.4, -0.2) is 19.7 Å². The molecule has 0 unspecified atom stereocenters. The Hall–Kier alpha value is -1.78. The molecule has 4 nitrogen and oxygen atoms in total. The van der Waals surface area contributed by atoms with E-state index in [1.165, 1.54) is 13.2 Å². The number of ether oxygens (including phenoxy) is 2. The highest BCUT2D eigenvalue weighted by atomic mass is 19.1. The molecule has 0 aliphatic rings. The Balaban J connectivity index is 3.17. The molecule has 1 aromatic rings. The van der Waals surface area contributed by atoms with E-state index in [1.807, 2.05) is 0 Å². The van der Waals surface area contributed by atoms with Gasteiger partial charge >= 0.3 is 5.97 Å². The average molecular weight is 213 g/mol. The van der Waals surface area contributed by atoms with Gasteiger partial charge in [-0.25, -0.2) is 9.18 Å². The third-order valence-electron chi connectivity index (χ3n) is 1.81. The SMILES string of the molecule is CCOc1cc(C(=O)OC)c(N)cc1F. The van der Waals surface area contributed by atoms with E-state index >= 15 is 0 Å². The molecule has 0 atom stereocenters. The van der Waals surface area contributed by atoms with Gasteiger partial charge in [-0.1, -0.05) is 0 Å². The van der Waals surface area contributed by atoms with Crippen LogP contribution < -0.4 is 10.5 Å². The molecule has 82 valence electrons. The summed E-state index contributed by atoms with van der Waals surface area (Å²) in [6.07, 6.45) is 0. The number of rotatable bonds is 3. The van der Waals surface area contributed by atoms with Gasteiger partial charge in [-0.2, -0.15) is 0 Å². The Bertz CT molecular complexity index is 379. The summed E-state index contributed by atoms with van der Waals surface area (Å²) in [7, 11) is 1.23. The summed E-state index contributed by atoms with van der Waals surface area (Å²) >= 11 is 0. The van der Waals surface area contributed by atoms with Crippen LogP contribution in [0.4, 0.5) is 10.1 Å². The first-order valence-electron chi connectivity index (χ1n) is 4.40. The van der Waals surface area contributed by atoms with Crippen LogP contribution in [0.5, 0.6) is 5.75 Å². The van der Waals surface area contributed by atoms with Crippen LogP contribution in [-0.2, 0) is 4.74 Å². The lowest BCUT2D eigenvalue weighted by Crippen LogP contribution is -2.07. The summed E-state index contributed by atoms with van der Waals surface area (Å²) in [4.78, 5) is 11.2. The lowest BCUT2D eigenvalue weighted by molar-refractivity contribution is 0.0601. The van der Waals surface area contributed by atoms with E-state index in [0.717, 1.165) is 6.07 Å². The van der Waals surface area contributed by atoms with E-state index in [0.29, 0.717) is 6.61 Å². The van der Waals surface area contributed by atoms with Crippen LogP contribution >= 0.6 is 0 Å². The minimum absolute atomic E-state index is 0.00731. The number of esters is 1. The van der Waals surface area contributed by atoms with Gasteiger partial charge in [-0.05, 0) is 13.0 Å². The van der Waals surface area contributed by atoms with Crippen molar-refractivity contribution in [1.29, 1.82) is 0 Å². The van der Waals surface area contributed by atoms with Crippen LogP contribution in [0.1, 0.15) is 17.3 Å². The molecule has 0 radical (unpaired) electrons. The summed E-state index contributed by atoms with van der Waals surface area (Å²) in [6, 6.07) is 2.28. The second-order valence-electron chi connectivity index (χ2n) is 2.79. The normalized spacial score (nSPS) is 9.80. The van der Waals surface area contributed by atoms with Crippen molar-refractivity contribution < 1.29 is 18.7 Å². The standard InChI is InChI=1S/C10H12FNO3/c1-3-15-9-4-6(10(13)14-2)8(12)5-7(9)11/h4-5H,3,12H2,1-2H3. The molecule has 1 rings (SSSR count). The molecule has 0 spiro atoms. The van der Waals surface area contributed by atoms with Crippen molar-refractivity contribution in [1.82, 2.24) is 0 Å². The zero-order valence-electron chi connectivity index (χ0n) is 8.54. The Morgan fingerprint density at radius 3 is 2.73 bits per heavy atom. The molecule has 15 heavy (non-hydrogen) atoms. The fourth-order valence-electron chi connectivity index (χ4n) is 1.12. The molecule has 2 N–H and O–H groups in total. The molecule has 1 aromatic carbocycles. The molecule has 5 heteroatoms. The van der Waals surface area contributed by atoms with Crippen molar-refractivity contribution in [3.63, 3.8) is 0 Å². The van der Waals surface area contributed by atoms with Gasteiger partial charge in [-0.15, -0.1) is 0 Å². The molecule has 0 saturated carbocycles. The minimum Gasteiger partial charge on any atom is -0.491 e. The molecular formula is C10H12FNO3. The summed E-state index contributed by atoms with van der Waals surface area (Å²) in [6.45, 7) is 2.02. The minimum atomic E-state index is -0.617. The van der Waals surface area contributed by atoms with E-state index < -0.39 is 11.8 Å². The number of carbonyl (C=O) groups excluding carboxylic acids is 1. The van der Waals surface area contributed by atoms with Crippen molar-refractivity contribution in [3.05, 3.63) is 23.5 Å². The van der Waals surface area contributed by atoms with E-state index in [9.17, 15) is 9.18 Å². The predicted molar refractivity (Wildman–Crippen MR) is 53.3 cm³/mol. The maximum absolute atomic E-state index is 13.2. The molecule has 0 aliphatic heterocycles. The van der Waals surface area contributed by atoms with Gasteiger partial charge in [0.25, 0.3) is 0 Å². The summed E-state index contributed by atoms with van der Waals surface area (Å²) < 4.78 is 22.7. The lowest BCUT2D eigenvalue weighted by Gasteiger charge is -2.08. The number of hydrogen-bond acceptors (Lipinski definition) is 4. The van der Waals surface area contributed by atoms with Gasteiger partial charge in [0.2, 0.25) is 0 Å². The van der Waals surface area contributed by atoms with Gasteiger partial charge in [0.15, 0.2) is 11.6 Å². The number of anilines is 1. The van der Waals surface area contributed by atoms with Gasteiger partial charge < -0.3 is 15.2 Å². The number of benzene rings is 1. The topological polar surface area (TPSA) is 61.5 Å². The van der Waals surface area contributed by atoms with E-state index in [1.54, 1.807) is 6.92 Å². The average Bonchev–Trinajstić information content (AvgIpc) is 2.21. The quantitative estimate of drug-likeness (QED) is 0.611. The van der Waals surface area contributed by atoms with Crippen LogP contribution in [0.3, 0.4) is 0 Å². The number of hydrogen-bond donors (Lipinski definition) is 1. The number of nitrogens with two attached hydrogens (primary N) is 1. The first kappa shape index (κ1) is 11.3. The molecule has 0 heterocycles. The third-order valence-corrected chi connectivity index (χ3v) is 1.81. The highest BCUT2D eigenvalue weighted by molar-refractivity contribution is 5.95. The molecule has 0 aromatic heterocycles. The highest BCUT2D eigenvalue weighted by Gasteiger charge is 2.15. The molecular weight excluding hydrogens is 201 g/mol. The first-order valence-corrected chi connectivity index (χ1v) is 4.40. The van der Waals surface area contributed by atoms with Gasteiger partial charge in [-0.3, -0.25) is 0 Å². The van der Waals surface area contributed by atoms with Gasteiger partial charge in [0, 0.05) is 11.8 Å². The van der Waals surface area contributed by atoms with Gasteiger partial charge in [0.05, 0.1) is 19.3 Å². The number of halogens is 1. The van der Waals surface area contributed by atoms with Crippen LogP contribution in [0, 0.1) is 5.82 Å². The molecule has 0 aliphatic carbocycles. The largest absolute Gasteiger partial charge is 0.491 e. The Kier molecular flexibility index (Phi) is 3.49. The zero-order chi connectivity index (χ0) is 11.4. The number of methoxy groups -OCH3 is 1. The molecule has 0 bridgehead atoms. The lowest BCUT2D eigenvalue weighted by atomic mass is 10.1. The Morgan fingerprint density at radius 1 is 1.53 bits per heavy atom. The number of carbonyl (C=O) groups is 1. The third kappa shape index (κ3) is 2.37. The number of nitrogen functional groups attached to an aromatic ring is 1. The molecule has 0 amide bonds. The summed E-state index contributed by atoms with van der Waals surface area (Å²) in [5, 5.41) is 0. The van der Waals surface area contributed by atoms with Crippen molar-refractivity contribution in [2.24, 2.45) is 0 Å². The smallest absolute Gasteiger partial charge is 0.340 e. The van der Waals surface area contributed by atoms with Crippen molar-refractivity contribution in [3.8, 4) is 5.75 Å². The summed E-state index contributed by atoms with van der Waals surface area (Å²) in [5.74, 6) is -1.22. The Morgan fingerprint density at radius 2 is 2.20 bits per heavy atom. The maximum atomic E-state index is 13.2. The molecule has 0 fully saturated rings. The first-order chi connectivity index (χ1) is 7.10. The van der Waals surface area contributed by atoms with Crippen molar-refractivity contribution in [2.45, 2.75) is 6.92 Å². The second kappa shape index (κ2) is 4.63. The van der Waals surface area contributed by atoms with Crippen LogP contribution in [0.15, 0.2) is 12.1 Å².